The SMILES string of the molecule is CCC(OC(C)=O)C1CCC(OC)CC1. The van der Waals surface area contributed by atoms with Gasteiger partial charge in [0.1, 0.15) is 6.10 Å². The molecule has 0 spiro atoms. The molecule has 0 amide bonds. The second-order valence-corrected chi connectivity index (χ2v) is 4.33. The number of esters is 1. The molecule has 1 aliphatic rings. The Morgan fingerprint density at radius 3 is 2.33 bits per heavy atom. The van der Waals surface area contributed by atoms with Crippen molar-refractivity contribution in [1.82, 2.24) is 0 Å². The van der Waals surface area contributed by atoms with E-state index in [1.807, 2.05) is 0 Å². The highest BCUT2D eigenvalue weighted by Gasteiger charge is 2.28. The molecule has 15 heavy (non-hydrogen) atoms. The monoisotopic (exact) mass is 214 g/mol. The van der Waals surface area contributed by atoms with E-state index in [2.05, 4.69) is 6.92 Å². The topological polar surface area (TPSA) is 35.5 Å². The summed E-state index contributed by atoms with van der Waals surface area (Å²) in [6, 6.07) is 0. The van der Waals surface area contributed by atoms with Gasteiger partial charge in [-0.25, -0.2) is 0 Å². The van der Waals surface area contributed by atoms with Gasteiger partial charge >= 0.3 is 5.97 Å². The van der Waals surface area contributed by atoms with Crippen molar-refractivity contribution in [3.63, 3.8) is 0 Å². The van der Waals surface area contributed by atoms with Crippen molar-refractivity contribution in [2.24, 2.45) is 5.92 Å². The van der Waals surface area contributed by atoms with Gasteiger partial charge in [-0.15, -0.1) is 0 Å². The fourth-order valence-electron chi connectivity index (χ4n) is 2.42. The molecule has 1 atom stereocenters. The zero-order valence-corrected chi connectivity index (χ0v) is 9.99. The smallest absolute Gasteiger partial charge is 0.302 e. The normalized spacial score (nSPS) is 28.5. The minimum absolute atomic E-state index is 0.111. The first-order valence-corrected chi connectivity index (χ1v) is 5.87. The Balaban J connectivity index is 2.39. The maximum absolute atomic E-state index is 10.9. The first-order chi connectivity index (χ1) is 7.17. The second kappa shape index (κ2) is 6.11. The van der Waals surface area contributed by atoms with E-state index < -0.39 is 0 Å². The Morgan fingerprint density at radius 1 is 1.33 bits per heavy atom. The van der Waals surface area contributed by atoms with Gasteiger partial charge in [0.2, 0.25) is 0 Å². The van der Waals surface area contributed by atoms with Gasteiger partial charge in [-0.1, -0.05) is 6.92 Å². The lowest BCUT2D eigenvalue weighted by Crippen LogP contribution is -2.31. The van der Waals surface area contributed by atoms with E-state index in [-0.39, 0.29) is 12.1 Å². The molecular weight excluding hydrogens is 192 g/mol. The molecule has 0 bridgehead atoms. The number of hydrogen-bond donors (Lipinski definition) is 0. The van der Waals surface area contributed by atoms with Gasteiger partial charge in [0.25, 0.3) is 0 Å². The summed E-state index contributed by atoms with van der Waals surface area (Å²) in [5.41, 5.74) is 0. The van der Waals surface area contributed by atoms with E-state index in [9.17, 15) is 4.79 Å². The van der Waals surface area contributed by atoms with Crippen LogP contribution in [0.25, 0.3) is 0 Å². The molecule has 0 saturated heterocycles. The first kappa shape index (κ1) is 12.5. The summed E-state index contributed by atoms with van der Waals surface area (Å²) >= 11 is 0. The van der Waals surface area contributed by atoms with Crippen LogP contribution in [0.4, 0.5) is 0 Å². The molecule has 1 fully saturated rings. The van der Waals surface area contributed by atoms with Gasteiger partial charge in [0.05, 0.1) is 6.10 Å². The Morgan fingerprint density at radius 2 is 1.93 bits per heavy atom. The average Bonchev–Trinajstić information content (AvgIpc) is 2.26. The summed E-state index contributed by atoms with van der Waals surface area (Å²) in [7, 11) is 1.77. The van der Waals surface area contributed by atoms with Crippen LogP contribution in [0.5, 0.6) is 0 Å². The third-order valence-electron chi connectivity index (χ3n) is 3.30. The van der Waals surface area contributed by atoms with E-state index in [1.54, 1.807) is 7.11 Å². The Bertz CT molecular complexity index is 195. The predicted molar refractivity (Wildman–Crippen MR) is 58.6 cm³/mol. The third-order valence-corrected chi connectivity index (χ3v) is 3.30. The van der Waals surface area contributed by atoms with Gasteiger partial charge in [-0.05, 0) is 38.0 Å². The molecule has 1 rings (SSSR count). The van der Waals surface area contributed by atoms with Crippen LogP contribution < -0.4 is 0 Å². The molecule has 1 saturated carbocycles. The predicted octanol–water partition coefficient (Wildman–Crippen LogP) is 2.53. The van der Waals surface area contributed by atoms with Crippen molar-refractivity contribution >= 4 is 5.97 Å². The molecule has 3 nitrogen and oxygen atoms in total. The standard InChI is InChI=1S/C12H22O3/c1-4-12(15-9(2)13)10-5-7-11(14-3)8-6-10/h10-12H,4-8H2,1-3H3. The Labute approximate surface area is 92.1 Å². The average molecular weight is 214 g/mol. The minimum atomic E-state index is -0.157. The van der Waals surface area contributed by atoms with Gasteiger partial charge in [-0.3, -0.25) is 4.79 Å². The Kier molecular flexibility index (Phi) is 5.09. The van der Waals surface area contributed by atoms with E-state index >= 15 is 0 Å². The third kappa shape index (κ3) is 3.82. The fraction of sp³-hybridized carbons (Fsp3) is 0.917. The van der Waals surface area contributed by atoms with Crippen LogP contribution in [-0.4, -0.2) is 25.3 Å². The fourth-order valence-corrected chi connectivity index (χ4v) is 2.42. The zero-order chi connectivity index (χ0) is 11.3. The molecule has 0 radical (unpaired) electrons. The summed E-state index contributed by atoms with van der Waals surface area (Å²) < 4.78 is 10.7. The van der Waals surface area contributed by atoms with Crippen LogP contribution in [0.1, 0.15) is 46.0 Å². The van der Waals surface area contributed by atoms with Gasteiger partial charge in [0, 0.05) is 14.0 Å². The van der Waals surface area contributed by atoms with Gasteiger partial charge in [-0.2, -0.15) is 0 Å². The summed E-state index contributed by atoms with van der Waals surface area (Å²) in [6.07, 6.45) is 5.87. The highest BCUT2D eigenvalue weighted by atomic mass is 16.5. The highest BCUT2D eigenvalue weighted by Crippen LogP contribution is 2.30. The van der Waals surface area contributed by atoms with Crippen molar-refractivity contribution in [2.75, 3.05) is 7.11 Å². The van der Waals surface area contributed by atoms with Crippen LogP contribution in [0.2, 0.25) is 0 Å². The van der Waals surface area contributed by atoms with Gasteiger partial charge < -0.3 is 9.47 Å². The lowest BCUT2D eigenvalue weighted by molar-refractivity contribution is -0.150. The molecule has 0 aromatic carbocycles. The number of rotatable bonds is 4. The van der Waals surface area contributed by atoms with E-state index in [0.29, 0.717) is 12.0 Å². The van der Waals surface area contributed by atoms with Crippen LogP contribution in [0.3, 0.4) is 0 Å². The van der Waals surface area contributed by atoms with Crippen molar-refractivity contribution in [3.8, 4) is 0 Å². The van der Waals surface area contributed by atoms with Gasteiger partial charge in [0.15, 0.2) is 0 Å². The molecular formula is C12H22O3. The maximum Gasteiger partial charge on any atom is 0.302 e. The van der Waals surface area contributed by atoms with Crippen molar-refractivity contribution < 1.29 is 14.3 Å². The molecule has 0 aliphatic heterocycles. The second-order valence-electron chi connectivity index (χ2n) is 4.33. The van der Waals surface area contributed by atoms with E-state index in [0.717, 1.165) is 32.1 Å². The minimum Gasteiger partial charge on any atom is -0.462 e. The molecule has 3 heteroatoms. The quantitative estimate of drug-likeness (QED) is 0.675. The lowest BCUT2D eigenvalue weighted by atomic mass is 9.83. The molecule has 0 aromatic heterocycles. The van der Waals surface area contributed by atoms with Crippen LogP contribution in [0.15, 0.2) is 0 Å². The van der Waals surface area contributed by atoms with Crippen molar-refractivity contribution in [1.29, 1.82) is 0 Å². The largest absolute Gasteiger partial charge is 0.462 e. The molecule has 88 valence electrons. The van der Waals surface area contributed by atoms with Crippen LogP contribution >= 0.6 is 0 Å². The number of carbonyl (C=O) groups excluding carboxylic acids is 1. The summed E-state index contributed by atoms with van der Waals surface area (Å²) in [4.78, 5) is 10.9. The molecule has 1 unspecified atom stereocenters. The maximum atomic E-state index is 10.9. The summed E-state index contributed by atoms with van der Waals surface area (Å²) in [5, 5.41) is 0. The van der Waals surface area contributed by atoms with E-state index in [1.165, 1.54) is 6.92 Å². The number of hydrogen-bond acceptors (Lipinski definition) is 3. The molecule has 1 aliphatic carbocycles. The Hall–Kier alpha value is -0.570. The van der Waals surface area contributed by atoms with E-state index in [4.69, 9.17) is 9.47 Å². The summed E-state index contributed by atoms with van der Waals surface area (Å²) in [5.74, 6) is 0.376. The summed E-state index contributed by atoms with van der Waals surface area (Å²) in [6.45, 7) is 3.57. The molecule has 0 heterocycles. The van der Waals surface area contributed by atoms with Crippen LogP contribution in [0, 0.1) is 5.92 Å². The van der Waals surface area contributed by atoms with Crippen molar-refractivity contribution in [3.05, 3.63) is 0 Å². The number of carbonyl (C=O) groups is 1. The first-order valence-electron chi connectivity index (χ1n) is 5.87. The van der Waals surface area contributed by atoms with Crippen LogP contribution in [-0.2, 0) is 14.3 Å². The molecule has 0 aromatic rings. The zero-order valence-electron chi connectivity index (χ0n) is 9.99. The number of methoxy groups -OCH3 is 1. The number of ether oxygens (including phenoxy) is 2. The highest BCUT2D eigenvalue weighted by molar-refractivity contribution is 5.66. The lowest BCUT2D eigenvalue weighted by Gasteiger charge is -2.32. The van der Waals surface area contributed by atoms with Crippen molar-refractivity contribution in [2.45, 2.75) is 58.2 Å². The molecule has 0 N–H and O–H groups in total.